The SMILES string of the molecule is CC(=O)OC1C(Br)CC2C3C(O)C=C4CC(O)CCC4(CO)C3CCC21C. The Kier molecular flexibility index (Phi) is 5.02. The number of hydrogen-bond acceptors (Lipinski definition) is 5. The summed E-state index contributed by atoms with van der Waals surface area (Å²) in [4.78, 5) is 11.8. The summed E-state index contributed by atoms with van der Waals surface area (Å²) in [5.74, 6) is 0.232. The molecule has 0 aromatic carbocycles. The maximum absolute atomic E-state index is 11.7. The molecular weight excluding hydrogens is 412 g/mol. The Morgan fingerprint density at radius 2 is 2.04 bits per heavy atom. The Labute approximate surface area is 169 Å². The molecule has 0 radical (unpaired) electrons. The molecule has 0 aromatic rings. The Bertz CT molecular complexity index is 650. The molecule has 0 aromatic heterocycles. The molecule has 3 saturated carbocycles. The van der Waals surface area contributed by atoms with Crippen molar-refractivity contribution in [2.75, 3.05) is 6.61 Å². The van der Waals surface area contributed by atoms with E-state index < -0.39 is 6.10 Å². The van der Waals surface area contributed by atoms with Crippen LogP contribution in [-0.4, -0.2) is 51.0 Å². The normalized spacial score (nSPS) is 51.6. The zero-order valence-corrected chi connectivity index (χ0v) is 17.7. The second kappa shape index (κ2) is 6.82. The molecule has 0 heterocycles. The second-order valence-electron chi connectivity index (χ2n) is 9.51. The number of carbonyl (C=O) groups excluding carboxylic acids is 1. The van der Waals surface area contributed by atoms with Crippen molar-refractivity contribution in [1.82, 2.24) is 0 Å². The first-order chi connectivity index (χ1) is 12.7. The van der Waals surface area contributed by atoms with Gasteiger partial charge in [-0.2, -0.15) is 0 Å². The first-order valence-electron chi connectivity index (χ1n) is 10.2. The predicted octanol–water partition coefficient (Wildman–Crippen LogP) is 2.56. The molecule has 0 aliphatic heterocycles. The lowest BCUT2D eigenvalue weighted by Crippen LogP contribution is -2.57. The number of hydrogen-bond donors (Lipinski definition) is 3. The average Bonchev–Trinajstić information content (AvgIpc) is 2.85. The summed E-state index contributed by atoms with van der Waals surface area (Å²) in [6.07, 6.45) is 5.51. The molecule has 0 saturated heterocycles. The summed E-state index contributed by atoms with van der Waals surface area (Å²) < 4.78 is 5.72. The molecule has 0 spiro atoms. The topological polar surface area (TPSA) is 87.0 Å². The minimum absolute atomic E-state index is 0.0514. The van der Waals surface area contributed by atoms with Crippen LogP contribution in [0.2, 0.25) is 0 Å². The largest absolute Gasteiger partial charge is 0.461 e. The zero-order chi connectivity index (χ0) is 19.6. The molecule has 5 nitrogen and oxygen atoms in total. The van der Waals surface area contributed by atoms with E-state index in [1.165, 1.54) is 6.92 Å². The highest BCUT2D eigenvalue weighted by Gasteiger charge is 2.64. The fraction of sp³-hybridized carbons (Fsp3) is 0.857. The van der Waals surface area contributed by atoms with Crippen molar-refractivity contribution in [3.05, 3.63) is 11.6 Å². The monoisotopic (exact) mass is 442 g/mol. The third-order valence-electron chi connectivity index (χ3n) is 8.30. The number of alkyl halides is 1. The summed E-state index contributed by atoms with van der Waals surface area (Å²) >= 11 is 3.75. The van der Waals surface area contributed by atoms with E-state index in [0.29, 0.717) is 12.8 Å². The number of aliphatic hydroxyl groups excluding tert-OH is 3. The standard InChI is InChI=1S/C21H31BrO5/c1-11(24)27-19-16(22)9-15-18-14(4-5-20(15,19)2)21(10-23)6-3-13(25)7-12(21)8-17(18)26/h8,13-19,23,25-26H,3-7,9-10H2,1-2H3. The van der Waals surface area contributed by atoms with Gasteiger partial charge in [0.05, 0.1) is 23.6 Å². The van der Waals surface area contributed by atoms with Crippen LogP contribution in [-0.2, 0) is 9.53 Å². The Morgan fingerprint density at radius 3 is 2.70 bits per heavy atom. The molecule has 152 valence electrons. The van der Waals surface area contributed by atoms with Gasteiger partial charge in [-0.05, 0) is 56.3 Å². The summed E-state index contributed by atoms with van der Waals surface area (Å²) in [6.45, 7) is 3.74. The van der Waals surface area contributed by atoms with Crippen LogP contribution >= 0.6 is 15.9 Å². The molecule has 0 bridgehead atoms. The van der Waals surface area contributed by atoms with Gasteiger partial charge >= 0.3 is 5.97 Å². The number of esters is 1. The molecule has 4 aliphatic rings. The molecular formula is C21H31BrO5. The van der Waals surface area contributed by atoms with Crippen LogP contribution in [0.3, 0.4) is 0 Å². The maximum atomic E-state index is 11.7. The van der Waals surface area contributed by atoms with Gasteiger partial charge < -0.3 is 20.1 Å². The van der Waals surface area contributed by atoms with E-state index in [9.17, 15) is 20.1 Å². The van der Waals surface area contributed by atoms with Gasteiger partial charge in [-0.15, -0.1) is 0 Å². The Morgan fingerprint density at radius 1 is 1.30 bits per heavy atom. The lowest BCUT2D eigenvalue weighted by atomic mass is 9.47. The summed E-state index contributed by atoms with van der Waals surface area (Å²) in [7, 11) is 0. The van der Waals surface area contributed by atoms with E-state index in [2.05, 4.69) is 22.9 Å². The molecule has 4 rings (SSSR count). The van der Waals surface area contributed by atoms with Gasteiger partial charge in [0.15, 0.2) is 0 Å². The van der Waals surface area contributed by atoms with Crippen molar-refractivity contribution in [2.45, 2.75) is 75.5 Å². The van der Waals surface area contributed by atoms with E-state index in [1.807, 2.05) is 6.08 Å². The van der Waals surface area contributed by atoms with Gasteiger partial charge in [0.25, 0.3) is 0 Å². The highest BCUT2D eigenvalue weighted by atomic mass is 79.9. The number of halogens is 1. The van der Waals surface area contributed by atoms with Crippen LogP contribution in [0.25, 0.3) is 0 Å². The van der Waals surface area contributed by atoms with Crippen LogP contribution < -0.4 is 0 Å². The lowest BCUT2D eigenvalue weighted by molar-refractivity contribution is -0.160. The van der Waals surface area contributed by atoms with Crippen molar-refractivity contribution < 1.29 is 24.9 Å². The second-order valence-corrected chi connectivity index (χ2v) is 10.7. The van der Waals surface area contributed by atoms with Gasteiger partial charge in [-0.1, -0.05) is 34.5 Å². The van der Waals surface area contributed by atoms with Gasteiger partial charge in [0.2, 0.25) is 0 Å². The van der Waals surface area contributed by atoms with Crippen LogP contribution in [0, 0.1) is 28.6 Å². The fourth-order valence-electron chi connectivity index (χ4n) is 7.05. The zero-order valence-electron chi connectivity index (χ0n) is 16.1. The smallest absolute Gasteiger partial charge is 0.302 e. The van der Waals surface area contributed by atoms with E-state index in [-0.39, 0.29) is 58.2 Å². The van der Waals surface area contributed by atoms with Crippen molar-refractivity contribution in [3.8, 4) is 0 Å². The summed E-state index contributed by atoms with van der Waals surface area (Å²) in [5.41, 5.74) is 0.565. The van der Waals surface area contributed by atoms with Gasteiger partial charge in [-0.25, -0.2) is 0 Å². The van der Waals surface area contributed by atoms with Gasteiger partial charge in [-0.3, -0.25) is 4.79 Å². The van der Waals surface area contributed by atoms with E-state index in [1.54, 1.807) is 0 Å². The molecule has 6 heteroatoms. The predicted molar refractivity (Wildman–Crippen MR) is 104 cm³/mol. The van der Waals surface area contributed by atoms with Crippen LogP contribution in [0.1, 0.15) is 52.4 Å². The molecule has 0 amide bonds. The third kappa shape index (κ3) is 2.85. The molecule has 9 unspecified atom stereocenters. The van der Waals surface area contributed by atoms with E-state index in [4.69, 9.17) is 4.74 Å². The highest BCUT2D eigenvalue weighted by molar-refractivity contribution is 9.09. The number of rotatable bonds is 2. The molecule has 3 fully saturated rings. The minimum atomic E-state index is -0.574. The van der Waals surface area contributed by atoms with Gasteiger partial charge in [0, 0.05) is 17.8 Å². The molecule has 9 atom stereocenters. The van der Waals surface area contributed by atoms with Crippen molar-refractivity contribution in [2.24, 2.45) is 28.6 Å². The van der Waals surface area contributed by atoms with Crippen LogP contribution in [0.5, 0.6) is 0 Å². The number of ether oxygens (including phenoxy) is 1. The number of carbonyl (C=O) groups is 1. The lowest BCUT2D eigenvalue weighted by Gasteiger charge is -2.59. The highest BCUT2D eigenvalue weighted by Crippen LogP contribution is 2.66. The van der Waals surface area contributed by atoms with Crippen molar-refractivity contribution >= 4 is 21.9 Å². The fourth-order valence-corrected chi connectivity index (χ4v) is 8.16. The number of fused-ring (bicyclic) bond motifs is 5. The minimum Gasteiger partial charge on any atom is -0.461 e. The molecule has 3 N–H and O–H groups in total. The van der Waals surface area contributed by atoms with Gasteiger partial charge in [0.1, 0.15) is 6.10 Å². The maximum Gasteiger partial charge on any atom is 0.302 e. The Hall–Kier alpha value is -0.430. The van der Waals surface area contributed by atoms with E-state index in [0.717, 1.165) is 31.3 Å². The summed E-state index contributed by atoms with van der Waals surface area (Å²) in [5, 5.41) is 31.7. The molecule has 27 heavy (non-hydrogen) atoms. The average molecular weight is 443 g/mol. The first kappa shape index (κ1) is 19.9. The quantitative estimate of drug-likeness (QED) is 0.347. The first-order valence-corrected chi connectivity index (χ1v) is 11.1. The molecule has 4 aliphatic carbocycles. The summed E-state index contributed by atoms with van der Waals surface area (Å²) in [6, 6.07) is 0. The Balaban J connectivity index is 1.72. The van der Waals surface area contributed by atoms with Crippen molar-refractivity contribution in [1.29, 1.82) is 0 Å². The van der Waals surface area contributed by atoms with Crippen LogP contribution in [0.4, 0.5) is 0 Å². The van der Waals surface area contributed by atoms with E-state index >= 15 is 0 Å². The van der Waals surface area contributed by atoms with Crippen molar-refractivity contribution in [3.63, 3.8) is 0 Å². The number of aliphatic hydroxyl groups is 3. The third-order valence-corrected chi connectivity index (χ3v) is 9.15. The van der Waals surface area contributed by atoms with Crippen LogP contribution in [0.15, 0.2) is 11.6 Å².